The lowest BCUT2D eigenvalue weighted by atomic mass is 10.0. The Labute approximate surface area is 93.9 Å². The highest BCUT2D eigenvalue weighted by Crippen LogP contribution is 2.10. The van der Waals surface area contributed by atoms with E-state index in [0.29, 0.717) is 6.04 Å². The minimum Gasteiger partial charge on any atom is -0.314 e. The summed E-state index contributed by atoms with van der Waals surface area (Å²) in [5.41, 5.74) is 2.91. The maximum atomic E-state index is 3.52. The van der Waals surface area contributed by atoms with E-state index in [1.54, 1.807) is 0 Å². The van der Waals surface area contributed by atoms with Crippen molar-refractivity contribution in [2.75, 3.05) is 6.54 Å². The van der Waals surface area contributed by atoms with Gasteiger partial charge in [0.2, 0.25) is 0 Å². The molecule has 1 rings (SSSR count). The zero-order chi connectivity index (χ0) is 11.1. The van der Waals surface area contributed by atoms with Crippen LogP contribution < -0.4 is 5.32 Å². The second-order valence-corrected chi connectivity index (χ2v) is 4.32. The molecule has 0 aliphatic carbocycles. The molecule has 1 N–H and O–H groups in total. The molecule has 0 aromatic heterocycles. The van der Waals surface area contributed by atoms with Gasteiger partial charge in [-0.1, -0.05) is 31.2 Å². The van der Waals surface area contributed by atoms with Crippen molar-refractivity contribution in [2.24, 2.45) is 0 Å². The summed E-state index contributed by atoms with van der Waals surface area (Å²) in [5.74, 6) is 0. The maximum Gasteiger partial charge on any atom is 0.00418 e. The summed E-state index contributed by atoms with van der Waals surface area (Å²) in [5, 5.41) is 3.52. The van der Waals surface area contributed by atoms with Gasteiger partial charge in [0.1, 0.15) is 0 Å². The van der Waals surface area contributed by atoms with Crippen molar-refractivity contribution in [2.45, 2.75) is 46.1 Å². The summed E-state index contributed by atoms with van der Waals surface area (Å²) >= 11 is 0. The van der Waals surface area contributed by atoms with Crippen LogP contribution in [0.3, 0.4) is 0 Å². The van der Waals surface area contributed by atoms with Crippen LogP contribution >= 0.6 is 0 Å². The zero-order valence-electron chi connectivity index (χ0n) is 10.2. The smallest absolute Gasteiger partial charge is 0.00418 e. The molecule has 0 spiro atoms. The first-order valence-electron chi connectivity index (χ1n) is 6.02. The second-order valence-electron chi connectivity index (χ2n) is 4.32. The van der Waals surface area contributed by atoms with Crippen molar-refractivity contribution >= 4 is 0 Å². The molecule has 0 bridgehead atoms. The van der Waals surface area contributed by atoms with Gasteiger partial charge in [-0.25, -0.2) is 0 Å². The van der Waals surface area contributed by atoms with Crippen LogP contribution in [0.2, 0.25) is 0 Å². The minimum atomic E-state index is 0.629. The Kier molecular flexibility index (Phi) is 5.41. The Morgan fingerprint density at radius 2 is 2.00 bits per heavy atom. The van der Waals surface area contributed by atoms with Gasteiger partial charge in [0, 0.05) is 6.04 Å². The van der Waals surface area contributed by atoms with Crippen molar-refractivity contribution in [3.63, 3.8) is 0 Å². The number of aryl methyl sites for hydroxylation is 2. The number of benzene rings is 1. The van der Waals surface area contributed by atoms with Gasteiger partial charge in [0.15, 0.2) is 0 Å². The third-order valence-corrected chi connectivity index (χ3v) is 2.85. The van der Waals surface area contributed by atoms with Crippen molar-refractivity contribution < 1.29 is 0 Å². The fourth-order valence-electron chi connectivity index (χ4n) is 1.76. The van der Waals surface area contributed by atoms with Crippen LogP contribution in [0.5, 0.6) is 0 Å². The predicted octanol–water partition coefficient (Wildman–Crippen LogP) is 3.32. The molecule has 0 saturated heterocycles. The van der Waals surface area contributed by atoms with E-state index in [2.05, 4.69) is 50.4 Å². The molecule has 1 atom stereocenters. The Balaban J connectivity index is 2.33. The molecule has 0 radical (unpaired) electrons. The quantitative estimate of drug-likeness (QED) is 0.751. The normalized spacial score (nSPS) is 12.7. The summed E-state index contributed by atoms with van der Waals surface area (Å²) in [6.45, 7) is 7.81. The van der Waals surface area contributed by atoms with Crippen LogP contribution in [0.1, 0.15) is 37.8 Å². The predicted molar refractivity (Wildman–Crippen MR) is 67.3 cm³/mol. The molecule has 1 aromatic carbocycles. The molecule has 0 amide bonds. The highest BCUT2D eigenvalue weighted by atomic mass is 14.9. The Hall–Kier alpha value is -0.820. The first-order valence-corrected chi connectivity index (χ1v) is 6.02. The average molecular weight is 205 g/mol. The summed E-state index contributed by atoms with van der Waals surface area (Å²) in [4.78, 5) is 0. The van der Waals surface area contributed by atoms with E-state index < -0.39 is 0 Å². The van der Waals surface area contributed by atoms with Gasteiger partial charge in [0.05, 0.1) is 0 Å². The van der Waals surface area contributed by atoms with Gasteiger partial charge < -0.3 is 5.32 Å². The third-order valence-electron chi connectivity index (χ3n) is 2.85. The molecule has 0 saturated carbocycles. The number of hydrogen-bond acceptors (Lipinski definition) is 1. The van der Waals surface area contributed by atoms with E-state index in [9.17, 15) is 0 Å². The van der Waals surface area contributed by atoms with Crippen LogP contribution in [0, 0.1) is 6.92 Å². The first-order chi connectivity index (χ1) is 7.24. The molecule has 1 unspecified atom stereocenters. The zero-order valence-corrected chi connectivity index (χ0v) is 10.2. The van der Waals surface area contributed by atoms with Crippen LogP contribution in [0.15, 0.2) is 24.3 Å². The maximum absolute atomic E-state index is 3.52. The summed E-state index contributed by atoms with van der Waals surface area (Å²) in [6, 6.07) is 9.30. The van der Waals surface area contributed by atoms with E-state index in [4.69, 9.17) is 0 Å². The molecule has 0 aliphatic heterocycles. The van der Waals surface area contributed by atoms with E-state index in [1.807, 2.05) is 0 Å². The van der Waals surface area contributed by atoms with E-state index >= 15 is 0 Å². The van der Waals surface area contributed by atoms with Crippen molar-refractivity contribution in [3.8, 4) is 0 Å². The van der Waals surface area contributed by atoms with Crippen LogP contribution in [-0.2, 0) is 6.42 Å². The SMILES string of the molecule is CCCNC(C)CCc1ccccc1C. The molecule has 0 heterocycles. The topological polar surface area (TPSA) is 12.0 Å². The lowest BCUT2D eigenvalue weighted by Gasteiger charge is -2.13. The fourth-order valence-corrected chi connectivity index (χ4v) is 1.76. The van der Waals surface area contributed by atoms with Crippen molar-refractivity contribution in [3.05, 3.63) is 35.4 Å². The van der Waals surface area contributed by atoms with Gasteiger partial charge in [-0.05, 0) is 50.8 Å². The standard InChI is InChI=1S/C14H23N/c1-4-11-15-13(3)9-10-14-8-6-5-7-12(14)2/h5-8,13,15H,4,9-11H2,1-3H3. The van der Waals surface area contributed by atoms with Gasteiger partial charge >= 0.3 is 0 Å². The third kappa shape index (κ3) is 4.48. The van der Waals surface area contributed by atoms with Crippen molar-refractivity contribution in [1.29, 1.82) is 0 Å². The lowest BCUT2D eigenvalue weighted by molar-refractivity contribution is 0.513. The van der Waals surface area contributed by atoms with E-state index in [1.165, 1.54) is 30.4 Å². The van der Waals surface area contributed by atoms with Crippen LogP contribution in [0.4, 0.5) is 0 Å². The number of rotatable bonds is 6. The minimum absolute atomic E-state index is 0.629. The first kappa shape index (κ1) is 12.3. The monoisotopic (exact) mass is 205 g/mol. The van der Waals surface area contributed by atoms with Gasteiger partial charge in [-0.15, -0.1) is 0 Å². The Morgan fingerprint density at radius 3 is 2.67 bits per heavy atom. The van der Waals surface area contributed by atoms with Gasteiger partial charge in [-0.2, -0.15) is 0 Å². The van der Waals surface area contributed by atoms with Crippen LogP contribution in [-0.4, -0.2) is 12.6 Å². The van der Waals surface area contributed by atoms with Gasteiger partial charge in [-0.3, -0.25) is 0 Å². The molecule has 84 valence electrons. The van der Waals surface area contributed by atoms with Crippen molar-refractivity contribution in [1.82, 2.24) is 5.32 Å². The molecule has 1 heteroatoms. The summed E-state index contributed by atoms with van der Waals surface area (Å²) in [7, 11) is 0. The Morgan fingerprint density at radius 1 is 1.27 bits per heavy atom. The largest absolute Gasteiger partial charge is 0.314 e. The molecule has 0 aliphatic rings. The molecule has 1 aromatic rings. The second kappa shape index (κ2) is 6.62. The Bertz CT molecular complexity index is 280. The molecular formula is C14H23N. The van der Waals surface area contributed by atoms with Crippen LogP contribution in [0.25, 0.3) is 0 Å². The number of nitrogens with one attached hydrogen (secondary N) is 1. The lowest BCUT2D eigenvalue weighted by Crippen LogP contribution is -2.27. The molecule has 15 heavy (non-hydrogen) atoms. The summed E-state index contributed by atoms with van der Waals surface area (Å²) in [6.07, 6.45) is 3.63. The highest BCUT2D eigenvalue weighted by molar-refractivity contribution is 5.25. The summed E-state index contributed by atoms with van der Waals surface area (Å²) < 4.78 is 0. The fraction of sp³-hybridized carbons (Fsp3) is 0.571. The molecular weight excluding hydrogens is 182 g/mol. The molecule has 1 nitrogen and oxygen atoms in total. The van der Waals surface area contributed by atoms with E-state index in [0.717, 1.165) is 6.54 Å². The number of hydrogen-bond donors (Lipinski definition) is 1. The molecule has 0 fully saturated rings. The average Bonchev–Trinajstić information content (AvgIpc) is 2.25. The highest BCUT2D eigenvalue weighted by Gasteiger charge is 2.02. The van der Waals surface area contributed by atoms with Gasteiger partial charge in [0.25, 0.3) is 0 Å². The van der Waals surface area contributed by atoms with E-state index in [-0.39, 0.29) is 0 Å².